The summed E-state index contributed by atoms with van der Waals surface area (Å²) in [6.45, 7) is 0. The lowest BCUT2D eigenvalue weighted by molar-refractivity contribution is -0.385. The number of nitrogens with zero attached hydrogens (tertiary/aromatic N) is 2. The molecule has 0 unspecified atom stereocenters. The number of aromatic nitrogens is 1. The molecule has 0 bridgehead atoms. The average molecular weight is 376 g/mol. The Labute approximate surface area is 127 Å². The van der Waals surface area contributed by atoms with Crippen molar-refractivity contribution >= 4 is 37.3 Å². The van der Waals surface area contributed by atoms with Crippen LogP contribution in [0.3, 0.4) is 0 Å². The third-order valence-electron chi connectivity index (χ3n) is 2.43. The summed E-state index contributed by atoms with van der Waals surface area (Å²) in [4.78, 5) is 12.8. The maximum Gasteiger partial charge on any atom is 0.271 e. The number of nitro groups is 1. The molecule has 1 aromatic carbocycles. The molecule has 0 fully saturated rings. The number of hydrogen-bond donors (Lipinski definition) is 1. The van der Waals surface area contributed by atoms with Crippen molar-refractivity contribution in [1.82, 2.24) is 4.98 Å². The van der Waals surface area contributed by atoms with Crippen molar-refractivity contribution < 1.29 is 17.7 Å². The van der Waals surface area contributed by atoms with Gasteiger partial charge >= 0.3 is 0 Å². The van der Waals surface area contributed by atoms with Crippen LogP contribution >= 0.6 is 15.9 Å². The molecule has 0 aliphatic heterocycles. The molecule has 7 nitrogen and oxygen atoms in total. The minimum absolute atomic E-state index is 0.135. The Hall–Kier alpha value is -2.07. The highest BCUT2D eigenvalue weighted by Crippen LogP contribution is 2.26. The Morgan fingerprint density at radius 1 is 1.33 bits per heavy atom. The van der Waals surface area contributed by atoms with Gasteiger partial charge in [-0.15, -0.1) is 0 Å². The van der Waals surface area contributed by atoms with Gasteiger partial charge in [0.1, 0.15) is 10.7 Å². The summed E-state index contributed by atoms with van der Waals surface area (Å²) in [5.41, 5.74) is -0.388. The van der Waals surface area contributed by atoms with E-state index in [9.17, 15) is 22.9 Å². The minimum Gasteiger partial charge on any atom is -0.278 e. The van der Waals surface area contributed by atoms with Gasteiger partial charge in [-0.2, -0.15) is 0 Å². The second-order valence-electron chi connectivity index (χ2n) is 3.83. The number of benzene rings is 1. The summed E-state index contributed by atoms with van der Waals surface area (Å²) in [5, 5.41) is 10.7. The largest absolute Gasteiger partial charge is 0.278 e. The van der Waals surface area contributed by atoms with Gasteiger partial charge in [-0.05, 0) is 28.1 Å². The third kappa shape index (κ3) is 3.34. The number of non-ortho nitro benzene ring substituents is 1. The standard InChI is InChI=1S/C11H7BrFN3O4S/c12-8-6-14-4-3-10(8)15-21(19,20)11-5-7(16(17)18)1-2-9(11)13/h1-6H,(H,14,15). The summed E-state index contributed by atoms with van der Waals surface area (Å²) in [6, 6.07) is 3.63. The van der Waals surface area contributed by atoms with Crippen LogP contribution in [-0.2, 0) is 10.0 Å². The number of halogens is 2. The summed E-state index contributed by atoms with van der Waals surface area (Å²) in [6.07, 6.45) is 2.69. The summed E-state index contributed by atoms with van der Waals surface area (Å²) >= 11 is 3.09. The molecule has 0 saturated heterocycles. The van der Waals surface area contributed by atoms with Gasteiger partial charge in [0.2, 0.25) is 0 Å². The van der Waals surface area contributed by atoms with Crippen LogP contribution in [0.2, 0.25) is 0 Å². The number of rotatable bonds is 4. The highest BCUT2D eigenvalue weighted by molar-refractivity contribution is 9.10. The van der Waals surface area contributed by atoms with E-state index >= 15 is 0 Å². The number of hydrogen-bond acceptors (Lipinski definition) is 5. The molecular weight excluding hydrogens is 369 g/mol. The van der Waals surface area contributed by atoms with Crippen LogP contribution < -0.4 is 4.72 Å². The lowest BCUT2D eigenvalue weighted by atomic mass is 10.3. The molecule has 1 aromatic heterocycles. The van der Waals surface area contributed by atoms with Gasteiger partial charge in [0.25, 0.3) is 15.7 Å². The van der Waals surface area contributed by atoms with Gasteiger partial charge in [0.15, 0.2) is 0 Å². The van der Waals surface area contributed by atoms with Crippen molar-refractivity contribution in [3.8, 4) is 0 Å². The Bertz CT molecular complexity index is 813. The molecular formula is C11H7BrFN3O4S. The van der Waals surface area contributed by atoms with E-state index < -0.39 is 31.3 Å². The fourth-order valence-corrected chi connectivity index (χ4v) is 3.13. The number of anilines is 1. The second-order valence-corrected chi connectivity index (χ2v) is 6.34. The van der Waals surface area contributed by atoms with Gasteiger partial charge in [0, 0.05) is 24.5 Å². The molecule has 0 amide bonds. The fourth-order valence-electron chi connectivity index (χ4n) is 1.47. The van der Waals surface area contributed by atoms with Crippen molar-refractivity contribution in [2.24, 2.45) is 0 Å². The smallest absolute Gasteiger partial charge is 0.271 e. The van der Waals surface area contributed by atoms with Crippen molar-refractivity contribution in [1.29, 1.82) is 0 Å². The second kappa shape index (κ2) is 5.74. The first-order valence-electron chi connectivity index (χ1n) is 5.37. The summed E-state index contributed by atoms with van der Waals surface area (Å²) in [5.74, 6) is -1.08. The molecule has 0 radical (unpaired) electrons. The quantitative estimate of drug-likeness (QED) is 0.653. The first kappa shape index (κ1) is 15.3. The molecule has 1 heterocycles. The van der Waals surface area contributed by atoms with Crippen LogP contribution in [0, 0.1) is 15.9 Å². The van der Waals surface area contributed by atoms with E-state index in [2.05, 4.69) is 25.6 Å². The monoisotopic (exact) mass is 375 g/mol. The van der Waals surface area contributed by atoms with Crippen LogP contribution in [0.1, 0.15) is 0 Å². The predicted molar refractivity (Wildman–Crippen MR) is 75.8 cm³/mol. The Morgan fingerprint density at radius 2 is 2.05 bits per heavy atom. The zero-order chi connectivity index (χ0) is 15.6. The zero-order valence-electron chi connectivity index (χ0n) is 10.2. The first-order valence-corrected chi connectivity index (χ1v) is 7.65. The normalized spacial score (nSPS) is 11.1. The highest BCUT2D eigenvalue weighted by atomic mass is 79.9. The molecule has 1 N–H and O–H groups in total. The molecule has 0 aliphatic rings. The van der Waals surface area contributed by atoms with E-state index in [1.54, 1.807) is 0 Å². The number of nitrogens with one attached hydrogen (secondary N) is 1. The Balaban J connectivity index is 2.47. The Morgan fingerprint density at radius 3 is 2.67 bits per heavy atom. The van der Waals surface area contributed by atoms with Crippen molar-refractivity contribution in [3.05, 3.63) is 57.1 Å². The van der Waals surface area contributed by atoms with Crippen LogP contribution in [0.5, 0.6) is 0 Å². The minimum atomic E-state index is -4.31. The van der Waals surface area contributed by atoms with Crippen molar-refractivity contribution in [2.75, 3.05) is 4.72 Å². The maximum absolute atomic E-state index is 13.7. The number of nitro benzene ring substituents is 1. The summed E-state index contributed by atoms with van der Waals surface area (Å²) < 4.78 is 40.4. The van der Waals surface area contributed by atoms with E-state index in [0.717, 1.165) is 12.1 Å². The van der Waals surface area contributed by atoms with Crippen molar-refractivity contribution in [2.45, 2.75) is 4.90 Å². The average Bonchev–Trinajstić information content (AvgIpc) is 2.41. The summed E-state index contributed by atoms with van der Waals surface area (Å²) in [7, 11) is -4.31. The molecule has 10 heteroatoms. The van der Waals surface area contributed by atoms with E-state index in [1.165, 1.54) is 18.5 Å². The predicted octanol–water partition coefficient (Wildman–Crippen LogP) is 2.69. The molecule has 21 heavy (non-hydrogen) atoms. The first-order chi connectivity index (χ1) is 9.81. The topological polar surface area (TPSA) is 102 Å². The molecule has 0 saturated carbocycles. The van der Waals surface area contributed by atoms with Crippen LogP contribution in [-0.4, -0.2) is 18.3 Å². The van der Waals surface area contributed by atoms with E-state index in [-0.39, 0.29) is 5.69 Å². The SMILES string of the molecule is O=[N+]([O-])c1ccc(F)c(S(=O)(=O)Nc2ccncc2Br)c1. The van der Waals surface area contributed by atoms with E-state index in [4.69, 9.17) is 0 Å². The number of pyridine rings is 1. The van der Waals surface area contributed by atoms with Gasteiger partial charge in [-0.3, -0.25) is 19.8 Å². The van der Waals surface area contributed by atoms with Crippen LogP contribution in [0.15, 0.2) is 46.0 Å². The lowest BCUT2D eigenvalue weighted by Gasteiger charge is -2.09. The fraction of sp³-hybridized carbons (Fsp3) is 0. The zero-order valence-corrected chi connectivity index (χ0v) is 12.6. The molecule has 0 spiro atoms. The van der Waals surface area contributed by atoms with Gasteiger partial charge < -0.3 is 0 Å². The highest BCUT2D eigenvalue weighted by Gasteiger charge is 2.23. The van der Waals surface area contributed by atoms with Gasteiger partial charge in [-0.25, -0.2) is 12.8 Å². The van der Waals surface area contributed by atoms with E-state index in [1.807, 2.05) is 0 Å². The molecule has 0 atom stereocenters. The van der Waals surface area contributed by atoms with E-state index in [0.29, 0.717) is 10.5 Å². The van der Waals surface area contributed by atoms with Gasteiger partial charge in [-0.1, -0.05) is 0 Å². The maximum atomic E-state index is 13.7. The van der Waals surface area contributed by atoms with Crippen LogP contribution in [0.4, 0.5) is 15.8 Å². The molecule has 2 aromatic rings. The molecule has 110 valence electrons. The Kier molecular flexibility index (Phi) is 4.19. The van der Waals surface area contributed by atoms with Crippen molar-refractivity contribution in [3.63, 3.8) is 0 Å². The molecule has 2 rings (SSSR count). The lowest BCUT2D eigenvalue weighted by Crippen LogP contribution is -2.15. The van der Waals surface area contributed by atoms with Gasteiger partial charge in [0.05, 0.1) is 15.1 Å². The third-order valence-corrected chi connectivity index (χ3v) is 4.44. The molecule has 0 aliphatic carbocycles. The van der Waals surface area contributed by atoms with Crippen LogP contribution in [0.25, 0.3) is 0 Å². The number of sulfonamides is 1.